The Balaban J connectivity index is 1.34. The molecular weight excluding hydrogens is 330 g/mol. The van der Waals surface area contributed by atoms with Crippen molar-refractivity contribution in [3.05, 3.63) is 65.1 Å². The van der Waals surface area contributed by atoms with Crippen LogP contribution in [0.2, 0.25) is 0 Å². The Morgan fingerprint density at radius 2 is 1.81 bits per heavy atom. The summed E-state index contributed by atoms with van der Waals surface area (Å²) >= 11 is 0. The number of ether oxygens (including phenoxy) is 1. The van der Waals surface area contributed by atoms with Crippen molar-refractivity contribution in [1.82, 2.24) is 14.9 Å². The number of aryl methyl sites for hydroxylation is 1. The number of amides is 1. The largest absolute Gasteiger partial charge is 0.494 e. The van der Waals surface area contributed by atoms with Crippen molar-refractivity contribution in [2.24, 2.45) is 0 Å². The summed E-state index contributed by atoms with van der Waals surface area (Å²) in [4.78, 5) is 26.6. The summed E-state index contributed by atoms with van der Waals surface area (Å²) in [7, 11) is 0. The Hall–Kier alpha value is -3.02. The highest BCUT2D eigenvalue weighted by molar-refractivity contribution is 5.76. The van der Waals surface area contributed by atoms with Crippen molar-refractivity contribution < 1.29 is 9.53 Å². The van der Waals surface area contributed by atoms with Gasteiger partial charge in [-0.2, -0.15) is 0 Å². The van der Waals surface area contributed by atoms with Crippen LogP contribution in [0.4, 0.5) is 0 Å². The molecule has 0 saturated carbocycles. The van der Waals surface area contributed by atoms with Crippen LogP contribution in [0.25, 0.3) is 11.0 Å². The van der Waals surface area contributed by atoms with E-state index in [2.05, 4.69) is 10.3 Å². The monoisotopic (exact) mass is 353 g/mol. The number of hydrogen-bond acceptors (Lipinski definition) is 3. The van der Waals surface area contributed by atoms with Crippen molar-refractivity contribution >= 4 is 16.9 Å². The smallest absolute Gasteiger partial charge is 0.326 e. The number of hydrogen-bond donors (Lipinski definition) is 2. The van der Waals surface area contributed by atoms with Crippen molar-refractivity contribution in [2.45, 2.75) is 25.8 Å². The van der Waals surface area contributed by atoms with Crippen LogP contribution in [0.15, 0.2) is 59.4 Å². The molecule has 0 aliphatic carbocycles. The zero-order valence-electron chi connectivity index (χ0n) is 14.6. The number of benzene rings is 2. The van der Waals surface area contributed by atoms with E-state index in [-0.39, 0.29) is 11.6 Å². The molecule has 0 radical (unpaired) electrons. The van der Waals surface area contributed by atoms with Gasteiger partial charge in [0.15, 0.2) is 0 Å². The van der Waals surface area contributed by atoms with Crippen LogP contribution in [-0.4, -0.2) is 28.6 Å². The molecule has 0 saturated heterocycles. The second kappa shape index (κ2) is 8.89. The molecule has 0 aliphatic heterocycles. The van der Waals surface area contributed by atoms with E-state index in [4.69, 9.17) is 4.74 Å². The Kier molecular flexibility index (Phi) is 6.09. The number of rotatable bonds is 9. The van der Waals surface area contributed by atoms with Crippen LogP contribution in [0.5, 0.6) is 5.75 Å². The Morgan fingerprint density at radius 1 is 1.04 bits per heavy atom. The zero-order valence-corrected chi connectivity index (χ0v) is 14.6. The highest BCUT2D eigenvalue weighted by Crippen LogP contribution is 2.10. The van der Waals surface area contributed by atoms with Gasteiger partial charge in [0.25, 0.3) is 0 Å². The van der Waals surface area contributed by atoms with Gasteiger partial charge in [-0.05, 0) is 37.1 Å². The summed E-state index contributed by atoms with van der Waals surface area (Å²) in [6.45, 7) is 1.63. The van der Waals surface area contributed by atoms with E-state index in [0.29, 0.717) is 39.0 Å². The lowest BCUT2D eigenvalue weighted by atomic mass is 10.3. The molecule has 0 fully saturated rings. The lowest BCUT2D eigenvalue weighted by Gasteiger charge is -2.07. The van der Waals surface area contributed by atoms with Gasteiger partial charge in [-0.3, -0.25) is 9.36 Å². The number of carbonyl (C=O) groups excluding carboxylic acids is 1. The highest BCUT2D eigenvalue weighted by atomic mass is 16.5. The van der Waals surface area contributed by atoms with Crippen molar-refractivity contribution in [2.75, 3.05) is 13.2 Å². The average Bonchev–Trinajstić information content (AvgIpc) is 2.98. The van der Waals surface area contributed by atoms with E-state index in [0.717, 1.165) is 16.8 Å². The minimum Gasteiger partial charge on any atom is -0.494 e. The number of aromatic amines is 1. The maximum Gasteiger partial charge on any atom is 0.326 e. The first-order valence-corrected chi connectivity index (χ1v) is 8.86. The summed E-state index contributed by atoms with van der Waals surface area (Å²) in [5.41, 5.74) is 1.61. The molecule has 3 aromatic rings. The van der Waals surface area contributed by atoms with Crippen molar-refractivity contribution in [3.63, 3.8) is 0 Å². The molecular formula is C20H23N3O3. The van der Waals surface area contributed by atoms with E-state index < -0.39 is 0 Å². The second-order valence-corrected chi connectivity index (χ2v) is 6.07. The van der Waals surface area contributed by atoms with Gasteiger partial charge in [0, 0.05) is 19.5 Å². The van der Waals surface area contributed by atoms with Gasteiger partial charge in [-0.15, -0.1) is 0 Å². The molecule has 1 heterocycles. The number of para-hydroxylation sites is 3. The lowest BCUT2D eigenvalue weighted by Crippen LogP contribution is -2.26. The molecule has 3 rings (SSSR count). The molecule has 0 spiro atoms. The van der Waals surface area contributed by atoms with E-state index in [1.165, 1.54) is 0 Å². The van der Waals surface area contributed by atoms with Crippen LogP contribution in [0.3, 0.4) is 0 Å². The van der Waals surface area contributed by atoms with Gasteiger partial charge in [-0.25, -0.2) is 4.79 Å². The molecule has 0 unspecified atom stereocenters. The maximum absolute atomic E-state index is 12.0. The molecule has 1 amide bonds. The summed E-state index contributed by atoms with van der Waals surface area (Å²) in [5.74, 6) is 0.824. The van der Waals surface area contributed by atoms with Gasteiger partial charge in [0.2, 0.25) is 5.91 Å². The van der Waals surface area contributed by atoms with Gasteiger partial charge < -0.3 is 15.0 Å². The van der Waals surface area contributed by atoms with Gasteiger partial charge in [0.05, 0.1) is 17.6 Å². The summed E-state index contributed by atoms with van der Waals surface area (Å²) in [6, 6.07) is 17.2. The molecule has 0 atom stereocenters. The molecule has 2 aromatic carbocycles. The topological polar surface area (TPSA) is 76.1 Å². The van der Waals surface area contributed by atoms with Gasteiger partial charge in [0.1, 0.15) is 5.75 Å². The number of carbonyl (C=O) groups is 1. The van der Waals surface area contributed by atoms with E-state index in [1.54, 1.807) is 4.57 Å². The SMILES string of the molecule is O=C(CCCOc1ccccc1)NCCCn1c(=O)[nH]c2ccccc21. The third kappa shape index (κ3) is 4.75. The zero-order chi connectivity index (χ0) is 18.2. The lowest BCUT2D eigenvalue weighted by molar-refractivity contribution is -0.121. The van der Waals surface area contributed by atoms with Gasteiger partial charge in [-0.1, -0.05) is 30.3 Å². The minimum absolute atomic E-state index is 0.00735. The Bertz CT molecular complexity index is 899. The van der Waals surface area contributed by atoms with Gasteiger partial charge >= 0.3 is 5.69 Å². The number of imidazole rings is 1. The van der Waals surface area contributed by atoms with E-state index in [1.807, 2.05) is 54.6 Å². The first-order chi connectivity index (χ1) is 12.7. The first-order valence-electron chi connectivity index (χ1n) is 8.86. The molecule has 136 valence electrons. The Labute approximate surface area is 151 Å². The number of nitrogens with zero attached hydrogens (tertiary/aromatic N) is 1. The molecule has 6 heteroatoms. The highest BCUT2D eigenvalue weighted by Gasteiger charge is 2.06. The molecule has 0 bridgehead atoms. The predicted molar refractivity (Wildman–Crippen MR) is 101 cm³/mol. The van der Waals surface area contributed by atoms with Crippen LogP contribution < -0.4 is 15.7 Å². The fourth-order valence-corrected chi connectivity index (χ4v) is 2.82. The standard InChI is InChI=1S/C20H23N3O3/c24-19(12-6-15-26-16-8-2-1-3-9-16)21-13-7-14-23-18-11-5-4-10-17(18)22-20(23)25/h1-5,8-11H,6-7,12-15H2,(H,21,24)(H,22,25). The quantitative estimate of drug-likeness (QED) is 0.581. The number of aromatic nitrogens is 2. The Morgan fingerprint density at radius 3 is 2.65 bits per heavy atom. The summed E-state index contributed by atoms with van der Waals surface area (Å²) in [6.07, 6.45) is 1.80. The van der Waals surface area contributed by atoms with Crippen LogP contribution in [-0.2, 0) is 11.3 Å². The van der Waals surface area contributed by atoms with Crippen LogP contribution in [0.1, 0.15) is 19.3 Å². The minimum atomic E-state index is -0.115. The third-order valence-electron chi connectivity index (χ3n) is 4.12. The average molecular weight is 353 g/mol. The van der Waals surface area contributed by atoms with Crippen LogP contribution in [0, 0.1) is 0 Å². The van der Waals surface area contributed by atoms with Crippen LogP contribution >= 0.6 is 0 Å². The molecule has 26 heavy (non-hydrogen) atoms. The number of H-pyrrole nitrogens is 1. The fourth-order valence-electron chi connectivity index (χ4n) is 2.82. The van der Waals surface area contributed by atoms with Crippen molar-refractivity contribution in [3.8, 4) is 5.75 Å². The first kappa shape index (κ1) is 17.8. The normalized spacial score (nSPS) is 10.8. The number of nitrogens with one attached hydrogen (secondary N) is 2. The third-order valence-corrected chi connectivity index (χ3v) is 4.12. The fraction of sp³-hybridized carbons (Fsp3) is 0.300. The van der Waals surface area contributed by atoms with E-state index >= 15 is 0 Å². The molecule has 1 aromatic heterocycles. The maximum atomic E-state index is 12.0. The molecule has 0 aliphatic rings. The van der Waals surface area contributed by atoms with Crippen molar-refractivity contribution in [1.29, 1.82) is 0 Å². The summed E-state index contributed by atoms with van der Waals surface area (Å²) < 4.78 is 7.27. The predicted octanol–water partition coefficient (Wildman–Crippen LogP) is 2.70. The molecule has 6 nitrogen and oxygen atoms in total. The number of fused-ring (bicyclic) bond motifs is 1. The second-order valence-electron chi connectivity index (χ2n) is 6.07. The molecule has 2 N–H and O–H groups in total. The van der Waals surface area contributed by atoms with E-state index in [9.17, 15) is 9.59 Å². The summed E-state index contributed by atoms with van der Waals surface area (Å²) in [5, 5.41) is 2.89.